The third kappa shape index (κ3) is 5.53. The Labute approximate surface area is 148 Å². The first-order chi connectivity index (χ1) is 12.0. The van der Waals surface area contributed by atoms with Crippen molar-refractivity contribution in [3.8, 4) is 0 Å². The van der Waals surface area contributed by atoms with Gasteiger partial charge in [-0.3, -0.25) is 0 Å². The Morgan fingerprint density at radius 2 is 2.04 bits per heavy atom. The van der Waals surface area contributed by atoms with Gasteiger partial charge in [0.25, 0.3) is 0 Å². The Hall–Kier alpha value is -2.47. The van der Waals surface area contributed by atoms with Crippen LogP contribution in [0.1, 0.15) is 35.6 Å². The summed E-state index contributed by atoms with van der Waals surface area (Å²) in [5.41, 5.74) is 3.01. The molecule has 1 heterocycles. The lowest BCUT2D eigenvalue weighted by Gasteiger charge is -2.16. The lowest BCUT2D eigenvalue weighted by molar-refractivity contribution is 0.210. The molecule has 0 bridgehead atoms. The molecule has 1 aromatic heterocycles. The van der Waals surface area contributed by atoms with E-state index in [1.54, 1.807) is 7.11 Å². The normalized spacial score (nSPS) is 11.8. The van der Waals surface area contributed by atoms with Gasteiger partial charge in [0, 0.05) is 31.5 Å². The molecule has 2 amide bonds. The molecular formula is C19H27N3O3. The highest BCUT2D eigenvalue weighted by Crippen LogP contribution is 2.21. The summed E-state index contributed by atoms with van der Waals surface area (Å²) in [4.78, 5) is 12.2. The summed E-state index contributed by atoms with van der Waals surface area (Å²) in [5, 5.41) is 9.15. The molecule has 25 heavy (non-hydrogen) atoms. The zero-order chi connectivity index (χ0) is 18.2. The number of carbonyl (C=O) groups excluding carboxylic acids is 1. The van der Waals surface area contributed by atoms with Gasteiger partial charge in [0.1, 0.15) is 11.5 Å². The molecule has 0 saturated heterocycles. The molecule has 3 N–H and O–H groups in total. The fraction of sp³-hybridized carbons (Fsp3) is 0.421. The number of rotatable bonds is 8. The van der Waals surface area contributed by atoms with Crippen molar-refractivity contribution in [2.24, 2.45) is 0 Å². The van der Waals surface area contributed by atoms with Gasteiger partial charge in [-0.25, -0.2) is 4.79 Å². The highest BCUT2D eigenvalue weighted by atomic mass is 16.5. The Bertz CT molecular complexity index is 697. The van der Waals surface area contributed by atoms with Crippen LogP contribution < -0.4 is 16.0 Å². The number of aryl methyl sites for hydroxylation is 2. The van der Waals surface area contributed by atoms with Crippen LogP contribution >= 0.6 is 0 Å². The zero-order valence-electron chi connectivity index (χ0n) is 15.3. The quantitative estimate of drug-likeness (QED) is 0.640. The molecule has 6 nitrogen and oxygen atoms in total. The third-order valence-corrected chi connectivity index (χ3v) is 3.97. The minimum absolute atomic E-state index is 0.118. The van der Waals surface area contributed by atoms with Crippen molar-refractivity contribution >= 4 is 11.7 Å². The molecule has 1 atom stereocenters. The molecule has 2 rings (SSSR count). The maximum absolute atomic E-state index is 12.2. The Kier molecular flexibility index (Phi) is 6.89. The van der Waals surface area contributed by atoms with Crippen molar-refractivity contribution in [1.82, 2.24) is 10.6 Å². The molecule has 0 aliphatic carbocycles. The summed E-state index contributed by atoms with van der Waals surface area (Å²) in [6.45, 7) is 7.53. The Balaban J connectivity index is 1.88. The number of ether oxygens (including phenoxy) is 1. The van der Waals surface area contributed by atoms with Crippen LogP contribution in [0.3, 0.4) is 0 Å². The van der Waals surface area contributed by atoms with Crippen LogP contribution in [-0.2, 0) is 11.3 Å². The van der Waals surface area contributed by atoms with Crippen LogP contribution in [0, 0.1) is 13.8 Å². The molecule has 0 fully saturated rings. The first kappa shape index (κ1) is 18.9. The number of benzene rings is 1. The molecular weight excluding hydrogens is 318 g/mol. The van der Waals surface area contributed by atoms with Crippen molar-refractivity contribution in [3.05, 3.63) is 53.0 Å². The van der Waals surface area contributed by atoms with Crippen LogP contribution in [0.25, 0.3) is 0 Å². The number of carbonyl (C=O) groups is 1. The second kappa shape index (κ2) is 9.13. The minimum Gasteiger partial charge on any atom is -0.466 e. The van der Waals surface area contributed by atoms with Gasteiger partial charge in [-0.1, -0.05) is 18.2 Å². The van der Waals surface area contributed by atoms with Crippen molar-refractivity contribution in [3.63, 3.8) is 0 Å². The van der Waals surface area contributed by atoms with Gasteiger partial charge >= 0.3 is 6.03 Å². The maximum atomic E-state index is 12.2. The summed E-state index contributed by atoms with van der Waals surface area (Å²) in [6, 6.07) is 9.52. The van der Waals surface area contributed by atoms with Gasteiger partial charge in [0.15, 0.2) is 0 Å². The predicted molar refractivity (Wildman–Crippen MR) is 98.8 cm³/mol. The Morgan fingerprint density at radius 3 is 2.72 bits per heavy atom. The number of anilines is 1. The van der Waals surface area contributed by atoms with Gasteiger partial charge in [-0.05, 0) is 38.5 Å². The first-order valence-electron chi connectivity index (χ1n) is 8.43. The monoisotopic (exact) mass is 345 g/mol. The lowest BCUT2D eigenvalue weighted by Crippen LogP contribution is -2.36. The summed E-state index contributed by atoms with van der Waals surface area (Å²) in [6.07, 6.45) is 0. The molecule has 6 heteroatoms. The molecule has 0 aliphatic heterocycles. The number of nitrogens with one attached hydrogen (secondary N) is 3. The van der Waals surface area contributed by atoms with Gasteiger partial charge in [-0.2, -0.15) is 0 Å². The fourth-order valence-corrected chi connectivity index (χ4v) is 2.72. The largest absolute Gasteiger partial charge is 0.466 e. The number of urea groups is 1. The molecule has 0 saturated carbocycles. The van der Waals surface area contributed by atoms with E-state index in [-0.39, 0.29) is 12.1 Å². The number of hydrogen-bond acceptors (Lipinski definition) is 4. The first-order valence-corrected chi connectivity index (χ1v) is 8.43. The van der Waals surface area contributed by atoms with Crippen molar-refractivity contribution in [1.29, 1.82) is 0 Å². The second-order valence-electron chi connectivity index (χ2n) is 5.99. The average molecular weight is 345 g/mol. The van der Waals surface area contributed by atoms with Gasteiger partial charge in [0.2, 0.25) is 0 Å². The van der Waals surface area contributed by atoms with E-state index >= 15 is 0 Å². The van der Waals surface area contributed by atoms with Crippen LogP contribution in [0.2, 0.25) is 0 Å². The number of para-hydroxylation sites is 1. The fourth-order valence-electron chi connectivity index (χ4n) is 2.72. The standard InChI is InChI=1S/C19H27N3O3/c1-13-11-17(15(3)25-13)14(2)22-19(23)21-12-16-7-5-6-8-18(16)20-9-10-24-4/h5-8,11,14,20H,9-10,12H2,1-4H3,(H2,21,22,23). The number of hydrogen-bond donors (Lipinski definition) is 3. The van der Waals surface area contributed by atoms with Gasteiger partial charge in [0.05, 0.1) is 12.6 Å². The van der Waals surface area contributed by atoms with E-state index in [1.165, 1.54) is 0 Å². The van der Waals surface area contributed by atoms with E-state index < -0.39 is 0 Å². The van der Waals surface area contributed by atoms with Gasteiger partial charge in [-0.15, -0.1) is 0 Å². The van der Waals surface area contributed by atoms with Crippen molar-refractivity contribution in [2.45, 2.75) is 33.4 Å². The van der Waals surface area contributed by atoms with Crippen LogP contribution in [0.15, 0.2) is 34.7 Å². The molecule has 1 unspecified atom stereocenters. The molecule has 0 radical (unpaired) electrons. The summed E-state index contributed by atoms with van der Waals surface area (Å²) < 4.78 is 10.6. The molecule has 0 aliphatic rings. The Morgan fingerprint density at radius 1 is 1.28 bits per heavy atom. The van der Waals surface area contributed by atoms with E-state index in [0.29, 0.717) is 13.2 Å². The van der Waals surface area contributed by atoms with E-state index in [1.807, 2.05) is 51.1 Å². The second-order valence-corrected chi connectivity index (χ2v) is 5.99. The highest BCUT2D eigenvalue weighted by Gasteiger charge is 2.15. The van der Waals surface area contributed by atoms with E-state index in [0.717, 1.165) is 34.9 Å². The summed E-state index contributed by atoms with van der Waals surface area (Å²) in [7, 11) is 1.67. The van der Waals surface area contributed by atoms with Crippen molar-refractivity contribution < 1.29 is 13.9 Å². The van der Waals surface area contributed by atoms with Crippen LogP contribution in [-0.4, -0.2) is 26.3 Å². The SMILES string of the molecule is COCCNc1ccccc1CNC(=O)NC(C)c1cc(C)oc1C. The third-order valence-electron chi connectivity index (χ3n) is 3.97. The van der Waals surface area contributed by atoms with E-state index in [9.17, 15) is 4.79 Å². The van der Waals surface area contributed by atoms with Gasteiger partial charge < -0.3 is 25.1 Å². The van der Waals surface area contributed by atoms with Crippen molar-refractivity contribution in [2.75, 3.05) is 25.6 Å². The highest BCUT2D eigenvalue weighted by molar-refractivity contribution is 5.74. The smallest absolute Gasteiger partial charge is 0.315 e. The minimum atomic E-state index is -0.211. The number of furan rings is 1. The maximum Gasteiger partial charge on any atom is 0.315 e. The average Bonchev–Trinajstić information content (AvgIpc) is 2.92. The molecule has 2 aromatic rings. The summed E-state index contributed by atoms with van der Waals surface area (Å²) in [5.74, 6) is 1.68. The van der Waals surface area contributed by atoms with E-state index in [4.69, 9.17) is 9.15 Å². The van der Waals surface area contributed by atoms with Crippen LogP contribution in [0.4, 0.5) is 10.5 Å². The van der Waals surface area contributed by atoms with Crippen LogP contribution in [0.5, 0.6) is 0 Å². The molecule has 0 spiro atoms. The molecule has 1 aromatic carbocycles. The topological polar surface area (TPSA) is 75.5 Å². The predicted octanol–water partition coefficient (Wildman–Crippen LogP) is 3.52. The summed E-state index contributed by atoms with van der Waals surface area (Å²) >= 11 is 0. The number of amides is 2. The lowest BCUT2D eigenvalue weighted by atomic mass is 10.1. The van der Waals surface area contributed by atoms with E-state index in [2.05, 4.69) is 16.0 Å². The zero-order valence-corrected chi connectivity index (χ0v) is 15.3. The number of methoxy groups -OCH3 is 1. The molecule has 136 valence electrons.